The van der Waals surface area contributed by atoms with Crippen molar-refractivity contribution in [3.63, 3.8) is 0 Å². The van der Waals surface area contributed by atoms with E-state index in [1.807, 2.05) is 24.3 Å². The zero-order valence-corrected chi connectivity index (χ0v) is 12.8. The van der Waals surface area contributed by atoms with Crippen molar-refractivity contribution in [3.8, 4) is 0 Å². The van der Waals surface area contributed by atoms with Crippen LogP contribution in [0.15, 0.2) is 30.3 Å². The van der Waals surface area contributed by atoms with Gasteiger partial charge in [0.2, 0.25) is 0 Å². The summed E-state index contributed by atoms with van der Waals surface area (Å²) in [5.74, 6) is 1.03. The fourth-order valence-corrected chi connectivity index (χ4v) is 3.41. The normalized spacial score (nSPS) is 19.7. The van der Waals surface area contributed by atoms with Crippen LogP contribution >= 0.6 is 0 Å². The van der Waals surface area contributed by atoms with E-state index in [-0.39, 0.29) is 6.61 Å². The molecule has 0 spiro atoms. The molecule has 2 aromatic rings. The smallest absolute Gasteiger partial charge is 0.129 e. The van der Waals surface area contributed by atoms with Crippen LogP contribution in [0, 0.1) is 0 Å². The Hall–Kier alpha value is -1.61. The van der Waals surface area contributed by atoms with Crippen LogP contribution in [-0.4, -0.2) is 22.7 Å². The largest absolute Gasteiger partial charge is 0.392 e. The lowest BCUT2D eigenvalue weighted by Gasteiger charge is -2.31. The van der Waals surface area contributed by atoms with Gasteiger partial charge in [0, 0.05) is 18.0 Å². The maximum Gasteiger partial charge on any atom is 0.129 e. The molecular formula is C18H24N2O. The van der Waals surface area contributed by atoms with E-state index >= 15 is 0 Å². The molecule has 1 saturated heterocycles. The fourth-order valence-electron chi connectivity index (χ4n) is 3.41. The van der Waals surface area contributed by atoms with Crippen molar-refractivity contribution < 1.29 is 5.11 Å². The van der Waals surface area contributed by atoms with E-state index in [1.54, 1.807) is 0 Å². The molecule has 0 saturated carbocycles. The fraction of sp³-hybridized carbons (Fsp3) is 0.500. The van der Waals surface area contributed by atoms with Gasteiger partial charge in [0.05, 0.1) is 12.1 Å². The van der Waals surface area contributed by atoms with Crippen molar-refractivity contribution >= 4 is 16.7 Å². The summed E-state index contributed by atoms with van der Waals surface area (Å²) in [5, 5.41) is 10.8. The molecular weight excluding hydrogens is 260 g/mol. The number of anilines is 1. The molecule has 0 radical (unpaired) electrons. The number of nitrogens with zero attached hydrogens (tertiary/aromatic N) is 2. The van der Waals surface area contributed by atoms with Gasteiger partial charge >= 0.3 is 0 Å². The van der Waals surface area contributed by atoms with E-state index in [1.165, 1.54) is 25.7 Å². The van der Waals surface area contributed by atoms with Crippen LogP contribution in [0.2, 0.25) is 0 Å². The Balaban J connectivity index is 2.05. The number of rotatable bonds is 3. The van der Waals surface area contributed by atoms with E-state index in [9.17, 15) is 5.11 Å². The van der Waals surface area contributed by atoms with Crippen molar-refractivity contribution in [2.75, 3.05) is 11.4 Å². The summed E-state index contributed by atoms with van der Waals surface area (Å²) in [6.07, 6.45) is 6.27. The topological polar surface area (TPSA) is 36.4 Å². The minimum Gasteiger partial charge on any atom is -0.392 e. The Morgan fingerprint density at radius 3 is 2.90 bits per heavy atom. The van der Waals surface area contributed by atoms with E-state index in [2.05, 4.69) is 17.9 Å². The Morgan fingerprint density at radius 1 is 1.24 bits per heavy atom. The number of pyridine rings is 1. The van der Waals surface area contributed by atoms with Gasteiger partial charge in [-0.1, -0.05) is 38.0 Å². The van der Waals surface area contributed by atoms with Crippen molar-refractivity contribution in [3.05, 3.63) is 35.9 Å². The van der Waals surface area contributed by atoms with E-state index in [0.717, 1.165) is 35.2 Å². The molecule has 1 aromatic carbocycles. The third-order valence-electron chi connectivity index (χ3n) is 4.60. The molecule has 1 aliphatic rings. The minimum absolute atomic E-state index is 0.0701. The number of hydrogen-bond acceptors (Lipinski definition) is 3. The number of hydrogen-bond donors (Lipinski definition) is 1. The number of aliphatic hydroxyl groups excluding tert-OH is 1. The van der Waals surface area contributed by atoms with Gasteiger partial charge in [0.25, 0.3) is 0 Å². The Morgan fingerprint density at radius 2 is 2.10 bits per heavy atom. The molecule has 3 nitrogen and oxygen atoms in total. The molecule has 1 fully saturated rings. The van der Waals surface area contributed by atoms with E-state index < -0.39 is 0 Å². The highest BCUT2D eigenvalue weighted by molar-refractivity contribution is 5.84. The number of benzene rings is 1. The summed E-state index contributed by atoms with van der Waals surface area (Å²) in [6, 6.07) is 10.8. The highest BCUT2D eigenvalue weighted by atomic mass is 16.3. The maximum absolute atomic E-state index is 9.69. The Kier molecular flexibility index (Phi) is 4.39. The van der Waals surface area contributed by atoms with Gasteiger partial charge in [0.1, 0.15) is 5.82 Å². The molecule has 1 aliphatic heterocycles. The lowest BCUT2D eigenvalue weighted by Crippen LogP contribution is -2.35. The SMILES string of the molecule is CCC1CCCCCN1c1cc(CO)c2ccccc2n1. The zero-order chi connectivity index (χ0) is 14.7. The second kappa shape index (κ2) is 6.44. The van der Waals surface area contributed by atoms with Gasteiger partial charge in [-0.05, 0) is 37.0 Å². The van der Waals surface area contributed by atoms with Crippen molar-refractivity contribution in [2.45, 2.75) is 51.7 Å². The molecule has 0 bridgehead atoms. The lowest BCUT2D eigenvalue weighted by molar-refractivity contribution is 0.283. The van der Waals surface area contributed by atoms with Gasteiger partial charge in [-0.2, -0.15) is 0 Å². The van der Waals surface area contributed by atoms with Crippen molar-refractivity contribution in [1.82, 2.24) is 4.98 Å². The van der Waals surface area contributed by atoms with E-state index in [4.69, 9.17) is 4.98 Å². The molecule has 0 aliphatic carbocycles. The van der Waals surface area contributed by atoms with Gasteiger partial charge < -0.3 is 10.0 Å². The first kappa shape index (κ1) is 14.3. The minimum atomic E-state index is 0.0701. The second-order valence-electron chi connectivity index (χ2n) is 5.92. The van der Waals surface area contributed by atoms with Crippen LogP contribution in [0.3, 0.4) is 0 Å². The van der Waals surface area contributed by atoms with Gasteiger partial charge in [-0.15, -0.1) is 0 Å². The molecule has 2 heterocycles. The van der Waals surface area contributed by atoms with Crippen LogP contribution < -0.4 is 4.90 Å². The van der Waals surface area contributed by atoms with E-state index in [0.29, 0.717) is 6.04 Å². The van der Waals surface area contributed by atoms with Crippen LogP contribution in [0.5, 0.6) is 0 Å². The lowest BCUT2D eigenvalue weighted by atomic mass is 10.1. The quantitative estimate of drug-likeness (QED) is 0.929. The summed E-state index contributed by atoms with van der Waals surface area (Å²) >= 11 is 0. The maximum atomic E-state index is 9.69. The third kappa shape index (κ3) is 2.88. The average Bonchev–Trinajstić information content (AvgIpc) is 2.79. The zero-order valence-electron chi connectivity index (χ0n) is 12.8. The monoisotopic (exact) mass is 284 g/mol. The van der Waals surface area contributed by atoms with Crippen LogP contribution in [-0.2, 0) is 6.61 Å². The molecule has 1 unspecified atom stereocenters. The van der Waals surface area contributed by atoms with Crippen molar-refractivity contribution in [1.29, 1.82) is 0 Å². The molecule has 0 amide bonds. The summed E-state index contributed by atoms with van der Waals surface area (Å²) in [5.41, 5.74) is 1.97. The molecule has 1 atom stereocenters. The number of fused-ring (bicyclic) bond motifs is 1. The number of aromatic nitrogens is 1. The first-order chi connectivity index (χ1) is 10.3. The standard InChI is InChI=1S/C18H24N2O/c1-2-15-8-4-3-7-11-20(15)18-12-14(13-21)16-9-5-6-10-17(16)19-18/h5-6,9-10,12,15,21H,2-4,7-8,11,13H2,1H3. The summed E-state index contributed by atoms with van der Waals surface area (Å²) in [6.45, 7) is 3.41. The highest BCUT2D eigenvalue weighted by Crippen LogP contribution is 2.28. The Bertz CT molecular complexity index is 611. The van der Waals surface area contributed by atoms with Gasteiger partial charge in [-0.25, -0.2) is 4.98 Å². The van der Waals surface area contributed by atoms with Crippen LogP contribution in [0.25, 0.3) is 10.9 Å². The number of para-hydroxylation sites is 1. The van der Waals surface area contributed by atoms with Crippen molar-refractivity contribution in [2.24, 2.45) is 0 Å². The van der Waals surface area contributed by atoms with Gasteiger partial charge in [-0.3, -0.25) is 0 Å². The number of aliphatic hydroxyl groups is 1. The van der Waals surface area contributed by atoms with Gasteiger partial charge in [0.15, 0.2) is 0 Å². The third-order valence-corrected chi connectivity index (χ3v) is 4.60. The molecule has 1 aromatic heterocycles. The Labute approximate surface area is 126 Å². The van der Waals surface area contributed by atoms with Crippen LogP contribution in [0.4, 0.5) is 5.82 Å². The molecule has 3 heteroatoms. The first-order valence-electron chi connectivity index (χ1n) is 8.09. The summed E-state index contributed by atoms with van der Waals surface area (Å²) in [7, 11) is 0. The molecule has 112 valence electrons. The average molecular weight is 284 g/mol. The summed E-state index contributed by atoms with van der Waals surface area (Å²) in [4.78, 5) is 7.32. The highest BCUT2D eigenvalue weighted by Gasteiger charge is 2.21. The first-order valence-corrected chi connectivity index (χ1v) is 8.09. The summed E-state index contributed by atoms with van der Waals surface area (Å²) < 4.78 is 0. The molecule has 1 N–H and O–H groups in total. The second-order valence-corrected chi connectivity index (χ2v) is 5.92. The predicted molar refractivity (Wildman–Crippen MR) is 87.6 cm³/mol. The predicted octanol–water partition coefficient (Wildman–Crippen LogP) is 3.89. The van der Waals surface area contributed by atoms with Crippen LogP contribution in [0.1, 0.15) is 44.6 Å². The molecule has 3 rings (SSSR count). The molecule has 21 heavy (non-hydrogen) atoms.